The summed E-state index contributed by atoms with van der Waals surface area (Å²) in [5.41, 5.74) is 0.589. The van der Waals surface area contributed by atoms with E-state index in [9.17, 15) is 5.11 Å². The predicted octanol–water partition coefficient (Wildman–Crippen LogP) is 2.85. The Hall–Kier alpha value is -0.800. The molecule has 0 bridgehead atoms. The van der Waals surface area contributed by atoms with Crippen LogP contribution in [0, 0.1) is 11.8 Å². The summed E-state index contributed by atoms with van der Waals surface area (Å²) >= 11 is 6.00. The maximum Gasteiger partial charge on any atom is 0.129 e. The van der Waals surface area contributed by atoms with Crippen LogP contribution in [-0.4, -0.2) is 23.2 Å². The van der Waals surface area contributed by atoms with Crippen molar-refractivity contribution in [2.24, 2.45) is 11.8 Å². The Morgan fingerprint density at radius 1 is 1.17 bits per heavy atom. The van der Waals surface area contributed by atoms with Crippen molar-refractivity contribution in [1.82, 2.24) is 4.98 Å². The van der Waals surface area contributed by atoms with Crippen LogP contribution in [0.25, 0.3) is 0 Å². The van der Waals surface area contributed by atoms with Crippen molar-refractivity contribution in [2.75, 3.05) is 18.0 Å². The van der Waals surface area contributed by atoms with Gasteiger partial charge in [-0.2, -0.15) is 0 Å². The SMILES string of the molecule is OCc1nc(N(CC2CC2)CC2CC2)ccc1Cl. The average molecular weight is 267 g/mol. The van der Waals surface area contributed by atoms with Gasteiger partial charge in [0, 0.05) is 13.1 Å². The lowest BCUT2D eigenvalue weighted by Gasteiger charge is -2.24. The first kappa shape index (κ1) is 12.2. The van der Waals surface area contributed by atoms with Gasteiger partial charge in [-0.15, -0.1) is 0 Å². The third kappa shape index (κ3) is 2.96. The molecule has 98 valence electrons. The number of aliphatic hydroxyl groups excluding tert-OH is 1. The molecule has 1 N–H and O–H groups in total. The minimum atomic E-state index is -0.0899. The smallest absolute Gasteiger partial charge is 0.129 e. The topological polar surface area (TPSA) is 36.4 Å². The molecule has 0 atom stereocenters. The fourth-order valence-corrected chi connectivity index (χ4v) is 2.41. The summed E-state index contributed by atoms with van der Waals surface area (Å²) in [5, 5.41) is 9.80. The number of hydrogen-bond donors (Lipinski definition) is 1. The molecule has 1 aromatic heterocycles. The lowest BCUT2D eigenvalue weighted by atomic mass is 10.3. The maximum atomic E-state index is 9.25. The van der Waals surface area contributed by atoms with E-state index >= 15 is 0 Å². The van der Waals surface area contributed by atoms with Gasteiger partial charge in [-0.05, 0) is 49.7 Å². The Labute approximate surface area is 113 Å². The van der Waals surface area contributed by atoms with Gasteiger partial charge in [-0.1, -0.05) is 11.6 Å². The lowest BCUT2D eigenvalue weighted by molar-refractivity contribution is 0.277. The van der Waals surface area contributed by atoms with Crippen LogP contribution in [0.15, 0.2) is 12.1 Å². The summed E-state index contributed by atoms with van der Waals surface area (Å²) in [6, 6.07) is 3.83. The highest BCUT2D eigenvalue weighted by Gasteiger charge is 2.29. The molecule has 1 aromatic rings. The van der Waals surface area contributed by atoms with Gasteiger partial charge in [-0.25, -0.2) is 4.98 Å². The van der Waals surface area contributed by atoms with Crippen LogP contribution < -0.4 is 4.90 Å². The van der Waals surface area contributed by atoms with Crippen molar-refractivity contribution in [2.45, 2.75) is 32.3 Å². The van der Waals surface area contributed by atoms with Crippen LogP contribution in [0.5, 0.6) is 0 Å². The summed E-state index contributed by atoms with van der Waals surface area (Å²) in [4.78, 5) is 6.88. The normalized spacial score (nSPS) is 19.0. The zero-order chi connectivity index (χ0) is 12.5. The van der Waals surface area contributed by atoms with E-state index in [-0.39, 0.29) is 6.61 Å². The zero-order valence-corrected chi connectivity index (χ0v) is 11.2. The highest BCUT2D eigenvalue weighted by molar-refractivity contribution is 6.31. The number of anilines is 1. The van der Waals surface area contributed by atoms with Crippen LogP contribution in [-0.2, 0) is 6.61 Å². The molecule has 1 heterocycles. The standard InChI is InChI=1S/C14H19ClN2O/c15-12-5-6-14(16-13(12)9-18)17(7-10-1-2-10)8-11-3-4-11/h5-6,10-11,18H,1-4,7-9H2. The molecule has 0 spiro atoms. The molecule has 2 fully saturated rings. The monoisotopic (exact) mass is 266 g/mol. The second-order valence-electron chi connectivity index (χ2n) is 5.55. The molecular formula is C14H19ClN2O. The minimum absolute atomic E-state index is 0.0899. The summed E-state index contributed by atoms with van der Waals surface area (Å²) < 4.78 is 0. The van der Waals surface area contributed by atoms with Crippen molar-refractivity contribution >= 4 is 17.4 Å². The van der Waals surface area contributed by atoms with Gasteiger partial charge in [0.2, 0.25) is 0 Å². The summed E-state index contributed by atoms with van der Waals surface area (Å²) in [7, 11) is 0. The van der Waals surface area contributed by atoms with Gasteiger partial charge >= 0.3 is 0 Å². The molecular weight excluding hydrogens is 248 g/mol. The molecule has 3 rings (SSSR count). The van der Waals surface area contributed by atoms with Crippen LogP contribution in [0.4, 0.5) is 5.82 Å². The summed E-state index contributed by atoms with van der Waals surface area (Å²) in [5.74, 6) is 2.67. The Kier molecular flexibility index (Phi) is 3.44. The lowest BCUT2D eigenvalue weighted by Crippen LogP contribution is -2.29. The van der Waals surface area contributed by atoms with Gasteiger partial charge in [0.25, 0.3) is 0 Å². The molecule has 2 aliphatic carbocycles. The van der Waals surface area contributed by atoms with Gasteiger partial charge in [0.1, 0.15) is 5.82 Å². The highest BCUT2D eigenvalue weighted by atomic mass is 35.5. The molecule has 0 aromatic carbocycles. The van der Waals surface area contributed by atoms with E-state index in [2.05, 4.69) is 9.88 Å². The first-order valence-corrected chi connectivity index (χ1v) is 7.15. The van der Waals surface area contributed by atoms with Gasteiger partial charge < -0.3 is 10.0 Å². The van der Waals surface area contributed by atoms with Crippen molar-refractivity contribution < 1.29 is 5.11 Å². The molecule has 0 saturated heterocycles. The molecule has 3 nitrogen and oxygen atoms in total. The number of halogens is 1. The van der Waals surface area contributed by atoms with Crippen LogP contribution in [0.1, 0.15) is 31.4 Å². The first-order chi connectivity index (χ1) is 8.76. The Bertz CT molecular complexity index is 416. The molecule has 2 saturated carbocycles. The van der Waals surface area contributed by atoms with Crippen molar-refractivity contribution in [3.05, 3.63) is 22.8 Å². The molecule has 0 aliphatic heterocycles. The third-order valence-corrected chi connectivity index (χ3v) is 4.07. The fraction of sp³-hybridized carbons (Fsp3) is 0.643. The van der Waals surface area contributed by atoms with Crippen LogP contribution in [0.2, 0.25) is 5.02 Å². The number of pyridine rings is 1. The van der Waals surface area contributed by atoms with Crippen molar-refractivity contribution in [3.8, 4) is 0 Å². The van der Waals surface area contributed by atoms with E-state index in [4.69, 9.17) is 11.6 Å². The second kappa shape index (κ2) is 5.06. The molecule has 0 unspecified atom stereocenters. The summed E-state index contributed by atoms with van der Waals surface area (Å²) in [6.45, 7) is 2.12. The first-order valence-electron chi connectivity index (χ1n) is 6.77. The quantitative estimate of drug-likeness (QED) is 0.860. The van der Waals surface area contributed by atoms with Crippen molar-refractivity contribution in [1.29, 1.82) is 0 Å². The molecule has 18 heavy (non-hydrogen) atoms. The Morgan fingerprint density at radius 2 is 1.78 bits per heavy atom. The number of nitrogens with zero attached hydrogens (tertiary/aromatic N) is 2. The predicted molar refractivity (Wildman–Crippen MR) is 72.8 cm³/mol. The van der Waals surface area contributed by atoms with Crippen LogP contribution in [0.3, 0.4) is 0 Å². The van der Waals surface area contributed by atoms with E-state index < -0.39 is 0 Å². The molecule has 2 aliphatic rings. The second-order valence-corrected chi connectivity index (χ2v) is 5.96. The number of rotatable bonds is 6. The summed E-state index contributed by atoms with van der Waals surface area (Å²) in [6.07, 6.45) is 5.40. The van der Waals surface area contributed by atoms with Crippen LogP contribution >= 0.6 is 11.6 Å². The van der Waals surface area contributed by atoms with E-state index in [0.29, 0.717) is 10.7 Å². The fourth-order valence-electron chi connectivity index (χ4n) is 2.25. The maximum absolute atomic E-state index is 9.25. The van der Waals surface area contributed by atoms with E-state index in [1.54, 1.807) is 0 Å². The average Bonchev–Trinajstić information content (AvgIpc) is 3.24. The van der Waals surface area contributed by atoms with Gasteiger partial charge in [0.05, 0.1) is 17.3 Å². The number of hydrogen-bond acceptors (Lipinski definition) is 3. The van der Waals surface area contributed by atoms with Gasteiger partial charge in [0.15, 0.2) is 0 Å². The van der Waals surface area contributed by atoms with Gasteiger partial charge in [-0.3, -0.25) is 0 Å². The van der Waals surface area contributed by atoms with E-state index in [1.807, 2.05) is 12.1 Å². The number of aromatic nitrogens is 1. The largest absolute Gasteiger partial charge is 0.390 e. The van der Waals surface area contributed by atoms with E-state index in [1.165, 1.54) is 25.7 Å². The molecule has 4 heteroatoms. The highest BCUT2D eigenvalue weighted by Crippen LogP contribution is 2.35. The molecule has 0 radical (unpaired) electrons. The Morgan fingerprint density at radius 3 is 2.28 bits per heavy atom. The molecule has 0 amide bonds. The number of aliphatic hydroxyl groups is 1. The van der Waals surface area contributed by atoms with E-state index in [0.717, 1.165) is 30.7 Å². The minimum Gasteiger partial charge on any atom is -0.390 e. The Balaban J connectivity index is 1.77. The van der Waals surface area contributed by atoms with Crippen molar-refractivity contribution in [3.63, 3.8) is 0 Å². The third-order valence-electron chi connectivity index (χ3n) is 3.73. The zero-order valence-electron chi connectivity index (χ0n) is 10.5.